The molecule has 2 rings (SSSR count). The van der Waals surface area contributed by atoms with Gasteiger partial charge >= 0.3 is 0 Å². The first kappa shape index (κ1) is 17.2. The van der Waals surface area contributed by atoms with Crippen molar-refractivity contribution in [2.75, 3.05) is 12.3 Å². The second-order valence-corrected chi connectivity index (χ2v) is 7.05. The number of nitrogens with one attached hydrogen (secondary N) is 1. The highest BCUT2D eigenvalue weighted by molar-refractivity contribution is 7.12. The smallest absolute Gasteiger partial charge is 0.220 e. The molecular formula is C18H22N2O2S. The van der Waals surface area contributed by atoms with Crippen molar-refractivity contribution < 1.29 is 9.59 Å². The van der Waals surface area contributed by atoms with Gasteiger partial charge in [0, 0.05) is 40.4 Å². The van der Waals surface area contributed by atoms with Gasteiger partial charge in [0.25, 0.3) is 0 Å². The molecule has 1 heterocycles. The van der Waals surface area contributed by atoms with Gasteiger partial charge in [-0.1, -0.05) is 12.1 Å². The Balaban J connectivity index is 1.71. The Bertz CT molecular complexity index is 690. The highest BCUT2D eigenvalue weighted by atomic mass is 32.1. The van der Waals surface area contributed by atoms with Crippen LogP contribution in [0.4, 0.5) is 5.69 Å². The van der Waals surface area contributed by atoms with Gasteiger partial charge in [-0.05, 0) is 44.0 Å². The molecule has 0 aliphatic rings. The van der Waals surface area contributed by atoms with E-state index in [1.807, 2.05) is 44.2 Å². The lowest BCUT2D eigenvalue weighted by Crippen LogP contribution is -2.26. The minimum Gasteiger partial charge on any atom is -0.399 e. The average molecular weight is 330 g/mol. The second-order valence-electron chi connectivity index (χ2n) is 5.59. The van der Waals surface area contributed by atoms with Crippen LogP contribution in [0.1, 0.15) is 38.5 Å². The number of amides is 1. The summed E-state index contributed by atoms with van der Waals surface area (Å²) in [6.07, 6.45) is 1.24. The Morgan fingerprint density at radius 3 is 2.43 bits per heavy atom. The maximum atomic E-state index is 12.1. The number of anilines is 1. The molecule has 0 atom stereocenters. The van der Waals surface area contributed by atoms with Crippen LogP contribution < -0.4 is 11.1 Å². The van der Waals surface area contributed by atoms with Gasteiger partial charge in [0.1, 0.15) is 0 Å². The van der Waals surface area contributed by atoms with Crippen molar-refractivity contribution >= 4 is 28.7 Å². The summed E-state index contributed by atoms with van der Waals surface area (Å²) < 4.78 is 0. The van der Waals surface area contributed by atoms with Crippen molar-refractivity contribution in [3.63, 3.8) is 0 Å². The fraction of sp³-hybridized carbons (Fsp3) is 0.333. The SMILES string of the molecule is Cc1cc(C(=O)CCC(=O)NCCc2ccc(N)cc2)c(C)s1. The Morgan fingerprint density at radius 1 is 1.13 bits per heavy atom. The summed E-state index contributed by atoms with van der Waals surface area (Å²) in [5.74, 6) is -0.0427. The average Bonchev–Trinajstić information content (AvgIpc) is 2.85. The van der Waals surface area contributed by atoms with Crippen LogP contribution in [-0.4, -0.2) is 18.2 Å². The van der Waals surface area contributed by atoms with Crippen molar-refractivity contribution in [2.45, 2.75) is 33.1 Å². The molecule has 0 radical (unpaired) electrons. The Hall–Kier alpha value is -2.14. The molecule has 0 spiro atoms. The molecule has 0 fully saturated rings. The molecule has 5 heteroatoms. The Kier molecular flexibility index (Phi) is 5.93. The largest absolute Gasteiger partial charge is 0.399 e. The van der Waals surface area contributed by atoms with Crippen LogP contribution in [-0.2, 0) is 11.2 Å². The lowest BCUT2D eigenvalue weighted by molar-refractivity contribution is -0.121. The van der Waals surface area contributed by atoms with Crippen LogP contribution in [0, 0.1) is 13.8 Å². The number of ketones is 1. The maximum absolute atomic E-state index is 12.1. The van der Waals surface area contributed by atoms with Crippen LogP contribution in [0.25, 0.3) is 0 Å². The van der Waals surface area contributed by atoms with E-state index < -0.39 is 0 Å². The van der Waals surface area contributed by atoms with E-state index in [0.29, 0.717) is 6.54 Å². The number of thiophene rings is 1. The predicted molar refractivity (Wildman–Crippen MR) is 94.9 cm³/mol. The number of carbonyl (C=O) groups excluding carboxylic acids is 2. The molecule has 1 aromatic heterocycles. The number of nitrogens with two attached hydrogens (primary N) is 1. The zero-order valence-electron chi connectivity index (χ0n) is 13.5. The Labute approximate surface area is 140 Å². The number of hydrogen-bond donors (Lipinski definition) is 2. The van der Waals surface area contributed by atoms with Gasteiger partial charge < -0.3 is 11.1 Å². The predicted octanol–water partition coefficient (Wildman–Crippen LogP) is 3.27. The van der Waals surface area contributed by atoms with Crippen molar-refractivity contribution in [1.82, 2.24) is 5.32 Å². The van der Waals surface area contributed by atoms with E-state index in [9.17, 15) is 9.59 Å². The first-order valence-corrected chi connectivity index (χ1v) is 8.48. The number of carbonyl (C=O) groups is 2. The van der Waals surface area contributed by atoms with Crippen LogP contribution in [0.5, 0.6) is 0 Å². The number of hydrogen-bond acceptors (Lipinski definition) is 4. The van der Waals surface area contributed by atoms with Gasteiger partial charge in [0.2, 0.25) is 5.91 Å². The highest BCUT2D eigenvalue weighted by Crippen LogP contribution is 2.22. The summed E-state index contributed by atoms with van der Waals surface area (Å²) in [5.41, 5.74) is 8.24. The van der Waals surface area contributed by atoms with E-state index in [0.717, 1.165) is 33.0 Å². The van der Waals surface area contributed by atoms with Crippen LogP contribution in [0.2, 0.25) is 0 Å². The summed E-state index contributed by atoms with van der Waals surface area (Å²) in [6, 6.07) is 9.50. The molecule has 2 aromatic rings. The third-order valence-corrected chi connectivity index (χ3v) is 4.60. The number of nitrogen functional groups attached to an aromatic ring is 1. The summed E-state index contributed by atoms with van der Waals surface area (Å²) in [7, 11) is 0. The van der Waals surface area contributed by atoms with Crippen LogP contribution >= 0.6 is 11.3 Å². The van der Waals surface area contributed by atoms with E-state index in [-0.39, 0.29) is 24.5 Å². The third kappa shape index (κ3) is 5.21. The molecule has 0 bridgehead atoms. The van der Waals surface area contributed by atoms with Gasteiger partial charge in [-0.25, -0.2) is 0 Å². The zero-order valence-corrected chi connectivity index (χ0v) is 14.3. The van der Waals surface area contributed by atoms with Gasteiger partial charge in [0.05, 0.1) is 0 Å². The maximum Gasteiger partial charge on any atom is 0.220 e. The molecule has 4 nitrogen and oxygen atoms in total. The van der Waals surface area contributed by atoms with E-state index >= 15 is 0 Å². The standard InChI is InChI=1S/C18H22N2O2S/c1-12-11-16(13(2)23-12)17(21)7-8-18(22)20-10-9-14-3-5-15(19)6-4-14/h3-6,11H,7-10,19H2,1-2H3,(H,20,22). The number of Topliss-reactive ketones (excluding diaryl/α,β-unsaturated/α-hetero) is 1. The molecule has 1 aromatic carbocycles. The molecule has 0 saturated carbocycles. The molecule has 0 aliphatic heterocycles. The Morgan fingerprint density at radius 2 is 1.83 bits per heavy atom. The minimum absolute atomic E-state index is 0.0422. The molecule has 0 aliphatic carbocycles. The molecule has 0 saturated heterocycles. The first-order valence-electron chi connectivity index (χ1n) is 7.67. The van der Waals surface area contributed by atoms with Gasteiger partial charge in [0.15, 0.2) is 5.78 Å². The monoisotopic (exact) mass is 330 g/mol. The molecule has 122 valence electrons. The normalized spacial score (nSPS) is 10.5. The molecular weight excluding hydrogens is 308 g/mol. The quantitative estimate of drug-likeness (QED) is 0.604. The van der Waals surface area contributed by atoms with Gasteiger partial charge in [-0.2, -0.15) is 0 Å². The summed E-state index contributed by atoms with van der Waals surface area (Å²) in [4.78, 5) is 26.1. The molecule has 23 heavy (non-hydrogen) atoms. The lowest BCUT2D eigenvalue weighted by Gasteiger charge is -2.05. The minimum atomic E-state index is -0.0848. The summed E-state index contributed by atoms with van der Waals surface area (Å²) in [6.45, 7) is 4.49. The highest BCUT2D eigenvalue weighted by Gasteiger charge is 2.13. The third-order valence-electron chi connectivity index (χ3n) is 3.64. The summed E-state index contributed by atoms with van der Waals surface area (Å²) in [5, 5.41) is 2.85. The van der Waals surface area contributed by atoms with Crippen molar-refractivity contribution in [2.24, 2.45) is 0 Å². The van der Waals surface area contributed by atoms with Crippen molar-refractivity contribution in [1.29, 1.82) is 0 Å². The van der Waals surface area contributed by atoms with E-state index in [1.165, 1.54) is 0 Å². The number of benzene rings is 1. The van der Waals surface area contributed by atoms with Crippen molar-refractivity contribution in [3.8, 4) is 0 Å². The molecule has 3 N–H and O–H groups in total. The fourth-order valence-corrected chi connectivity index (χ4v) is 3.33. The summed E-state index contributed by atoms with van der Waals surface area (Å²) >= 11 is 1.61. The van der Waals surface area contributed by atoms with Crippen LogP contribution in [0.3, 0.4) is 0 Å². The number of aryl methyl sites for hydroxylation is 2. The van der Waals surface area contributed by atoms with E-state index in [4.69, 9.17) is 5.73 Å². The van der Waals surface area contributed by atoms with Crippen LogP contribution in [0.15, 0.2) is 30.3 Å². The number of rotatable bonds is 7. The van der Waals surface area contributed by atoms with E-state index in [1.54, 1.807) is 11.3 Å². The van der Waals surface area contributed by atoms with Gasteiger partial charge in [-0.3, -0.25) is 9.59 Å². The zero-order chi connectivity index (χ0) is 16.8. The van der Waals surface area contributed by atoms with Crippen molar-refractivity contribution in [3.05, 3.63) is 51.2 Å². The fourth-order valence-electron chi connectivity index (χ4n) is 2.39. The second kappa shape index (κ2) is 7.92. The lowest BCUT2D eigenvalue weighted by atomic mass is 10.1. The molecule has 0 unspecified atom stereocenters. The topological polar surface area (TPSA) is 72.2 Å². The molecule has 1 amide bonds. The van der Waals surface area contributed by atoms with Gasteiger partial charge in [-0.15, -0.1) is 11.3 Å². The first-order chi connectivity index (χ1) is 11.0. The van der Waals surface area contributed by atoms with E-state index in [2.05, 4.69) is 5.32 Å².